The maximum absolute atomic E-state index is 12.8. The zero-order chi connectivity index (χ0) is 22.8. The van der Waals surface area contributed by atoms with E-state index in [1.165, 1.54) is 0 Å². The summed E-state index contributed by atoms with van der Waals surface area (Å²) in [6.07, 6.45) is -0.0897. The number of aryl methyl sites for hydroxylation is 1. The van der Waals surface area contributed by atoms with E-state index in [0.717, 1.165) is 21.7 Å². The fraction of sp³-hybridized carbons (Fsp3) is 0.522. The first-order valence-electron chi connectivity index (χ1n) is 10.6. The van der Waals surface area contributed by atoms with Gasteiger partial charge in [0.15, 0.2) is 0 Å². The zero-order valence-electron chi connectivity index (χ0n) is 18.6. The van der Waals surface area contributed by atoms with Crippen molar-refractivity contribution < 1.29 is 14.7 Å². The van der Waals surface area contributed by atoms with Gasteiger partial charge in [0.25, 0.3) is 0 Å². The van der Waals surface area contributed by atoms with Gasteiger partial charge >= 0.3 is 0 Å². The average molecular weight is 445 g/mol. The molecule has 3 atom stereocenters. The maximum Gasteiger partial charge on any atom is 0.240 e. The van der Waals surface area contributed by atoms with Crippen LogP contribution < -0.4 is 11.1 Å². The molecule has 1 fully saturated rings. The van der Waals surface area contributed by atoms with Crippen LogP contribution in [0.25, 0.3) is 10.4 Å². The minimum atomic E-state index is -0.677. The molecule has 4 N–H and O–H groups in total. The van der Waals surface area contributed by atoms with Gasteiger partial charge in [-0.3, -0.25) is 9.59 Å². The molecule has 1 aliphatic rings. The van der Waals surface area contributed by atoms with Crippen molar-refractivity contribution in [3.8, 4) is 10.4 Å². The molecule has 31 heavy (non-hydrogen) atoms. The standard InChI is InChI=1S/C23H32N4O3S/c1-14-20(31-13-26-14)16-7-5-15(6-8-16)11-25-19(29)10-17-9-18(28)12-27(17)22(30)21(24)23(2,3)4/h5-8,13,17-18,21,28H,9-12,24H2,1-4H3,(H,25,29)/t17-,18+,21+/m0/s1. The summed E-state index contributed by atoms with van der Waals surface area (Å²) in [5.74, 6) is -0.362. The minimum Gasteiger partial charge on any atom is -0.391 e. The molecular weight excluding hydrogens is 412 g/mol. The van der Waals surface area contributed by atoms with Crippen LogP contribution >= 0.6 is 11.3 Å². The molecule has 8 heteroatoms. The number of amides is 2. The van der Waals surface area contributed by atoms with Gasteiger partial charge in [-0.2, -0.15) is 0 Å². The van der Waals surface area contributed by atoms with Gasteiger partial charge in [-0.25, -0.2) is 4.98 Å². The van der Waals surface area contributed by atoms with E-state index in [9.17, 15) is 14.7 Å². The number of benzene rings is 1. The molecular formula is C23H32N4O3S. The predicted molar refractivity (Wildman–Crippen MR) is 122 cm³/mol. The summed E-state index contributed by atoms with van der Waals surface area (Å²) >= 11 is 1.61. The Balaban J connectivity index is 1.56. The Morgan fingerprint density at radius 1 is 1.32 bits per heavy atom. The molecule has 3 rings (SSSR count). The highest BCUT2D eigenvalue weighted by molar-refractivity contribution is 7.13. The third-order valence-electron chi connectivity index (χ3n) is 5.75. The van der Waals surface area contributed by atoms with E-state index in [0.29, 0.717) is 13.0 Å². The van der Waals surface area contributed by atoms with Gasteiger partial charge in [0.1, 0.15) is 0 Å². The first kappa shape index (κ1) is 23.4. The van der Waals surface area contributed by atoms with Crippen LogP contribution in [0.5, 0.6) is 0 Å². The first-order chi connectivity index (χ1) is 14.6. The normalized spacial score (nSPS) is 20.0. The second-order valence-corrected chi connectivity index (χ2v) is 10.2. The Kier molecular flexibility index (Phi) is 7.13. The molecule has 0 spiro atoms. The number of carbonyl (C=O) groups excluding carboxylic acids is 2. The lowest BCUT2D eigenvalue weighted by molar-refractivity contribution is -0.136. The largest absolute Gasteiger partial charge is 0.391 e. The van der Waals surface area contributed by atoms with Gasteiger partial charge in [-0.15, -0.1) is 11.3 Å². The van der Waals surface area contributed by atoms with Crippen molar-refractivity contribution >= 4 is 23.2 Å². The van der Waals surface area contributed by atoms with E-state index in [-0.39, 0.29) is 36.2 Å². The molecule has 0 radical (unpaired) electrons. The lowest BCUT2D eigenvalue weighted by Crippen LogP contribution is -2.52. The molecule has 0 bridgehead atoms. The van der Waals surface area contributed by atoms with Crippen LogP contribution in [-0.4, -0.2) is 51.5 Å². The van der Waals surface area contributed by atoms with Crippen LogP contribution in [0.15, 0.2) is 29.8 Å². The van der Waals surface area contributed by atoms with Crippen LogP contribution in [0.3, 0.4) is 0 Å². The van der Waals surface area contributed by atoms with E-state index in [1.807, 2.05) is 57.5 Å². The Labute approximate surface area is 187 Å². The number of nitrogens with zero attached hydrogens (tertiary/aromatic N) is 2. The average Bonchev–Trinajstić information content (AvgIpc) is 3.30. The van der Waals surface area contributed by atoms with E-state index in [4.69, 9.17) is 5.73 Å². The molecule has 0 aliphatic carbocycles. The summed E-state index contributed by atoms with van der Waals surface area (Å²) in [4.78, 5) is 32.4. The molecule has 1 aliphatic heterocycles. The second kappa shape index (κ2) is 9.46. The van der Waals surface area contributed by atoms with E-state index in [1.54, 1.807) is 16.2 Å². The van der Waals surface area contributed by atoms with E-state index < -0.39 is 12.1 Å². The van der Waals surface area contributed by atoms with Gasteiger partial charge in [-0.1, -0.05) is 45.0 Å². The Bertz CT molecular complexity index is 920. The number of likely N-dealkylation sites (tertiary alicyclic amines) is 1. The number of aliphatic hydroxyl groups excluding tert-OH is 1. The topological polar surface area (TPSA) is 109 Å². The lowest BCUT2D eigenvalue weighted by Gasteiger charge is -2.32. The van der Waals surface area contributed by atoms with Crippen LogP contribution in [0.1, 0.15) is 44.9 Å². The second-order valence-electron chi connectivity index (χ2n) is 9.32. The summed E-state index contributed by atoms with van der Waals surface area (Å²) in [6, 6.07) is 7.03. The van der Waals surface area contributed by atoms with Crippen molar-refractivity contribution in [1.29, 1.82) is 0 Å². The van der Waals surface area contributed by atoms with Gasteiger partial charge in [0.2, 0.25) is 11.8 Å². The zero-order valence-corrected chi connectivity index (χ0v) is 19.4. The Morgan fingerprint density at radius 2 is 2.00 bits per heavy atom. The fourth-order valence-corrected chi connectivity index (χ4v) is 4.56. The van der Waals surface area contributed by atoms with Gasteiger partial charge < -0.3 is 21.1 Å². The maximum atomic E-state index is 12.8. The number of rotatable bonds is 6. The van der Waals surface area contributed by atoms with Gasteiger partial charge in [-0.05, 0) is 29.9 Å². The Morgan fingerprint density at radius 3 is 2.58 bits per heavy atom. The molecule has 0 saturated carbocycles. The van der Waals surface area contributed by atoms with Crippen molar-refractivity contribution in [2.24, 2.45) is 11.1 Å². The predicted octanol–water partition coefficient (Wildman–Crippen LogP) is 2.46. The Hall–Kier alpha value is -2.29. The molecule has 2 amide bonds. The highest BCUT2D eigenvalue weighted by atomic mass is 32.1. The van der Waals surface area contributed by atoms with Crippen LogP contribution in [0.2, 0.25) is 0 Å². The molecule has 2 heterocycles. The molecule has 2 aromatic rings. The van der Waals surface area contributed by atoms with Gasteiger partial charge in [0, 0.05) is 25.6 Å². The number of hydrogen-bond donors (Lipinski definition) is 3. The number of aliphatic hydroxyl groups is 1. The molecule has 1 aromatic heterocycles. The SMILES string of the molecule is Cc1ncsc1-c1ccc(CNC(=O)C[C@@H]2C[C@@H](O)CN2C(=O)[C@@H](N)C(C)(C)C)cc1. The molecule has 7 nitrogen and oxygen atoms in total. The highest BCUT2D eigenvalue weighted by Gasteiger charge is 2.40. The number of aromatic nitrogens is 1. The lowest BCUT2D eigenvalue weighted by atomic mass is 9.86. The number of carbonyl (C=O) groups is 2. The number of nitrogens with two attached hydrogens (primary N) is 1. The summed E-state index contributed by atoms with van der Waals surface area (Å²) in [7, 11) is 0. The summed E-state index contributed by atoms with van der Waals surface area (Å²) in [5.41, 5.74) is 10.7. The summed E-state index contributed by atoms with van der Waals surface area (Å²) in [6.45, 7) is 8.34. The number of hydrogen-bond acceptors (Lipinski definition) is 6. The number of β-amino-alcohol motifs (C(OH)–C–C–N with tert-alkyl or cyclic N) is 1. The van der Waals surface area contributed by atoms with Crippen LogP contribution in [0.4, 0.5) is 0 Å². The van der Waals surface area contributed by atoms with Gasteiger partial charge in [0.05, 0.1) is 28.2 Å². The van der Waals surface area contributed by atoms with Crippen molar-refractivity contribution in [3.63, 3.8) is 0 Å². The first-order valence-corrected chi connectivity index (χ1v) is 11.4. The third-order valence-corrected chi connectivity index (χ3v) is 6.72. The highest BCUT2D eigenvalue weighted by Crippen LogP contribution is 2.28. The molecule has 1 saturated heterocycles. The van der Waals surface area contributed by atoms with Crippen molar-refractivity contribution in [1.82, 2.24) is 15.2 Å². The van der Waals surface area contributed by atoms with Crippen LogP contribution in [-0.2, 0) is 16.1 Å². The third kappa shape index (κ3) is 5.70. The minimum absolute atomic E-state index is 0.149. The summed E-state index contributed by atoms with van der Waals surface area (Å²) in [5, 5.41) is 13.0. The quantitative estimate of drug-likeness (QED) is 0.634. The van der Waals surface area contributed by atoms with E-state index in [2.05, 4.69) is 10.3 Å². The molecule has 0 unspecified atom stereocenters. The van der Waals surface area contributed by atoms with E-state index >= 15 is 0 Å². The fourth-order valence-electron chi connectivity index (χ4n) is 3.74. The number of nitrogens with one attached hydrogen (secondary N) is 1. The van der Waals surface area contributed by atoms with Crippen molar-refractivity contribution in [2.45, 2.75) is 65.3 Å². The monoisotopic (exact) mass is 444 g/mol. The molecule has 168 valence electrons. The summed E-state index contributed by atoms with van der Waals surface area (Å²) < 4.78 is 0. The molecule has 1 aromatic carbocycles. The number of thiazole rings is 1. The van der Waals surface area contributed by atoms with Crippen molar-refractivity contribution in [2.75, 3.05) is 6.54 Å². The van der Waals surface area contributed by atoms with Crippen molar-refractivity contribution in [3.05, 3.63) is 41.0 Å². The van der Waals surface area contributed by atoms with Crippen LogP contribution in [0, 0.1) is 12.3 Å². The smallest absolute Gasteiger partial charge is 0.240 e.